The number of nitrogens with zero attached hydrogens (tertiary/aromatic N) is 2. The van der Waals surface area contributed by atoms with Gasteiger partial charge in [0.1, 0.15) is 0 Å². The molecular weight excluding hydrogens is 144 g/mol. The molecule has 0 saturated heterocycles. The number of likely N-dealkylation sites (N-methyl/N-ethyl adjacent to an activating group) is 2. The van der Waals surface area contributed by atoms with Crippen LogP contribution in [-0.2, 0) is 9.59 Å². The molecule has 0 radical (unpaired) electrons. The van der Waals surface area contributed by atoms with Crippen molar-refractivity contribution in [3.05, 3.63) is 0 Å². The molecule has 0 atom stereocenters. The zero-order valence-electron chi connectivity index (χ0n) is 7.42. The van der Waals surface area contributed by atoms with Crippen LogP contribution >= 0.6 is 0 Å². The van der Waals surface area contributed by atoms with E-state index in [4.69, 9.17) is 0 Å². The average molecular weight is 158 g/mol. The smallest absolute Gasteiger partial charge is 0.311 e. The zero-order valence-corrected chi connectivity index (χ0v) is 7.42. The van der Waals surface area contributed by atoms with E-state index in [1.807, 2.05) is 6.92 Å². The van der Waals surface area contributed by atoms with Crippen molar-refractivity contribution in [1.82, 2.24) is 9.80 Å². The molecule has 2 amide bonds. The highest BCUT2D eigenvalue weighted by Crippen LogP contribution is 1.87. The van der Waals surface area contributed by atoms with Gasteiger partial charge in [-0.3, -0.25) is 9.59 Å². The Balaban J connectivity index is 4.14. The van der Waals surface area contributed by atoms with E-state index in [0.717, 1.165) is 0 Å². The van der Waals surface area contributed by atoms with Crippen molar-refractivity contribution in [2.75, 3.05) is 27.7 Å². The molecule has 0 unspecified atom stereocenters. The molecule has 0 aliphatic rings. The first-order chi connectivity index (χ1) is 5.00. The highest BCUT2D eigenvalue weighted by Gasteiger charge is 2.18. The summed E-state index contributed by atoms with van der Waals surface area (Å²) in [6, 6.07) is 0. The molecule has 0 rings (SSSR count). The Morgan fingerprint density at radius 2 is 1.55 bits per heavy atom. The van der Waals surface area contributed by atoms with Gasteiger partial charge >= 0.3 is 11.8 Å². The zero-order chi connectivity index (χ0) is 9.02. The number of carbonyl (C=O) groups excluding carboxylic acids is 2. The third-order valence-corrected chi connectivity index (χ3v) is 1.41. The van der Waals surface area contributed by atoms with Crippen LogP contribution in [0.4, 0.5) is 0 Å². The lowest BCUT2D eigenvalue weighted by molar-refractivity contribution is -0.149. The Morgan fingerprint density at radius 1 is 1.09 bits per heavy atom. The van der Waals surface area contributed by atoms with Gasteiger partial charge in [0.15, 0.2) is 0 Å². The molecule has 64 valence electrons. The van der Waals surface area contributed by atoms with E-state index >= 15 is 0 Å². The van der Waals surface area contributed by atoms with Gasteiger partial charge in [-0.2, -0.15) is 0 Å². The van der Waals surface area contributed by atoms with Crippen molar-refractivity contribution in [1.29, 1.82) is 0 Å². The van der Waals surface area contributed by atoms with Crippen molar-refractivity contribution in [2.24, 2.45) is 0 Å². The minimum absolute atomic E-state index is 0.461. The standard InChI is InChI=1S/C7H14N2O2/c1-5-9(4)7(11)6(10)8(2)3/h5H2,1-4H3. The minimum atomic E-state index is -0.477. The Bertz CT molecular complexity index is 166. The third-order valence-electron chi connectivity index (χ3n) is 1.41. The number of hydrogen-bond donors (Lipinski definition) is 0. The minimum Gasteiger partial charge on any atom is -0.341 e. The molecule has 0 fully saturated rings. The maximum atomic E-state index is 11.1. The van der Waals surface area contributed by atoms with E-state index in [1.54, 1.807) is 21.1 Å². The molecule has 0 aliphatic heterocycles. The summed E-state index contributed by atoms with van der Waals surface area (Å²) in [6.07, 6.45) is 0. The van der Waals surface area contributed by atoms with E-state index in [2.05, 4.69) is 0 Å². The monoisotopic (exact) mass is 158 g/mol. The second kappa shape index (κ2) is 3.95. The summed E-state index contributed by atoms with van der Waals surface area (Å²) in [7, 11) is 4.72. The van der Waals surface area contributed by atoms with Gasteiger partial charge in [0, 0.05) is 27.7 Å². The van der Waals surface area contributed by atoms with E-state index in [-0.39, 0.29) is 0 Å². The van der Waals surface area contributed by atoms with Crippen molar-refractivity contribution >= 4 is 11.8 Å². The molecule has 0 spiro atoms. The molecule has 0 aromatic heterocycles. The van der Waals surface area contributed by atoms with Crippen LogP contribution in [-0.4, -0.2) is 49.3 Å². The first kappa shape index (κ1) is 9.94. The lowest BCUT2D eigenvalue weighted by atomic mass is 10.4. The van der Waals surface area contributed by atoms with Gasteiger partial charge in [-0.25, -0.2) is 0 Å². The number of amides is 2. The van der Waals surface area contributed by atoms with E-state index < -0.39 is 11.8 Å². The van der Waals surface area contributed by atoms with Crippen LogP contribution in [0.1, 0.15) is 6.92 Å². The van der Waals surface area contributed by atoms with Crippen LogP contribution in [0.3, 0.4) is 0 Å². The van der Waals surface area contributed by atoms with Gasteiger partial charge in [-0.15, -0.1) is 0 Å². The maximum Gasteiger partial charge on any atom is 0.311 e. The maximum absolute atomic E-state index is 11.1. The van der Waals surface area contributed by atoms with Crippen LogP contribution in [0.2, 0.25) is 0 Å². The number of rotatable bonds is 1. The second-order valence-electron chi connectivity index (χ2n) is 2.52. The highest BCUT2D eigenvalue weighted by atomic mass is 16.2. The van der Waals surface area contributed by atoms with Crippen molar-refractivity contribution in [2.45, 2.75) is 6.92 Å². The normalized spacial score (nSPS) is 9.09. The van der Waals surface area contributed by atoms with Crippen LogP contribution in [0.5, 0.6) is 0 Å². The molecule has 0 aromatic carbocycles. The lowest BCUT2D eigenvalue weighted by Crippen LogP contribution is -2.40. The van der Waals surface area contributed by atoms with Crippen LogP contribution in [0.25, 0.3) is 0 Å². The highest BCUT2D eigenvalue weighted by molar-refractivity contribution is 6.34. The number of carbonyl (C=O) groups is 2. The predicted octanol–water partition coefficient (Wildman–Crippen LogP) is -0.447. The van der Waals surface area contributed by atoms with Crippen molar-refractivity contribution in [3.63, 3.8) is 0 Å². The summed E-state index contributed by atoms with van der Waals surface area (Å²) in [5.41, 5.74) is 0. The fourth-order valence-electron chi connectivity index (χ4n) is 0.498. The summed E-state index contributed by atoms with van der Waals surface area (Å²) in [4.78, 5) is 24.7. The topological polar surface area (TPSA) is 40.6 Å². The van der Waals surface area contributed by atoms with Gasteiger partial charge in [0.05, 0.1) is 0 Å². The summed E-state index contributed by atoms with van der Waals surface area (Å²) in [6.45, 7) is 2.37. The number of hydrogen-bond acceptors (Lipinski definition) is 2. The quantitative estimate of drug-likeness (QED) is 0.485. The first-order valence-electron chi connectivity index (χ1n) is 3.47. The Kier molecular flexibility index (Phi) is 3.57. The molecule has 4 heteroatoms. The van der Waals surface area contributed by atoms with E-state index in [0.29, 0.717) is 6.54 Å². The first-order valence-corrected chi connectivity index (χ1v) is 3.47. The molecule has 0 aromatic rings. The lowest BCUT2D eigenvalue weighted by Gasteiger charge is -2.16. The second-order valence-corrected chi connectivity index (χ2v) is 2.52. The Hall–Kier alpha value is -1.06. The molecule has 0 saturated carbocycles. The molecule has 0 N–H and O–H groups in total. The van der Waals surface area contributed by atoms with Gasteiger partial charge < -0.3 is 9.80 Å². The Morgan fingerprint density at radius 3 is 1.82 bits per heavy atom. The summed E-state index contributed by atoms with van der Waals surface area (Å²) in [5.74, 6) is -0.938. The molecular formula is C7H14N2O2. The summed E-state index contributed by atoms with van der Waals surface area (Å²) in [5, 5.41) is 0. The third kappa shape index (κ3) is 2.57. The van der Waals surface area contributed by atoms with Crippen molar-refractivity contribution in [3.8, 4) is 0 Å². The SMILES string of the molecule is CCN(C)C(=O)C(=O)N(C)C. The largest absolute Gasteiger partial charge is 0.341 e. The fraction of sp³-hybridized carbons (Fsp3) is 0.714. The molecule has 0 bridgehead atoms. The summed E-state index contributed by atoms with van der Waals surface area (Å²) < 4.78 is 0. The predicted molar refractivity (Wildman–Crippen MR) is 42.0 cm³/mol. The van der Waals surface area contributed by atoms with Crippen LogP contribution in [0, 0.1) is 0 Å². The molecule has 4 nitrogen and oxygen atoms in total. The molecule has 11 heavy (non-hydrogen) atoms. The molecule has 0 aliphatic carbocycles. The summed E-state index contributed by atoms with van der Waals surface area (Å²) >= 11 is 0. The van der Waals surface area contributed by atoms with Crippen LogP contribution < -0.4 is 0 Å². The molecule has 0 heterocycles. The van der Waals surface area contributed by atoms with Gasteiger partial charge in [-0.1, -0.05) is 0 Å². The van der Waals surface area contributed by atoms with E-state index in [1.165, 1.54) is 9.80 Å². The van der Waals surface area contributed by atoms with Gasteiger partial charge in [0.2, 0.25) is 0 Å². The van der Waals surface area contributed by atoms with Gasteiger partial charge in [-0.05, 0) is 6.92 Å². The fourth-order valence-corrected chi connectivity index (χ4v) is 0.498. The Labute approximate surface area is 66.8 Å². The van der Waals surface area contributed by atoms with Crippen molar-refractivity contribution < 1.29 is 9.59 Å². The van der Waals surface area contributed by atoms with Crippen LogP contribution in [0.15, 0.2) is 0 Å². The van der Waals surface area contributed by atoms with Gasteiger partial charge in [0.25, 0.3) is 0 Å². The average Bonchev–Trinajstić information content (AvgIpc) is 2.00. The van der Waals surface area contributed by atoms with E-state index in [9.17, 15) is 9.59 Å².